The molecule has 2 aliphatic heterocycles. The van der Waals surface area contributed by atoms with Crippen LogP contribution >= 0.6 is 23.4 Å². The molecule has 0 saturated heterocycles. The van der Waals surface area contributed by atoms with E-state index in [1.165, 1.54) is 18.9 Å². The van der Waals surface area contributed by atoms with Gasteiger partial charge in [0.15, 0.2) is 5.17 Å². The molecule has 0 unspecified atom stereocenters. The van der Waals surface area contributed by atoms with Crippen LogP contribution in [0.5, 0.6) is 0 Å². The van der Waals surface area contributed by atoms with Crippen LogP contribution < -0.4 is 5.32 Å². The van der Waals surface area contributed by atoms with Crippen molar-refractivity contribution in [2.24, 2.45) is 4.99 Å². The molecule has 2 aromatic rings. The lowest BCUT2D eigenvalue weighted by molar-refractivity contribution is -0.136. The number of hydrogen-bond acceptors (Lipinski definition) is 6. The van der Waals surface area contributed by atoms with E-state index in [9.17, 15) is 9.59 Å². The smallest absolute Gasteiger partial charge is 0.338 e. The zero-order valence-corrected chi connectivity index (χ0v) is 20.8. The number of amides is 1. The summed E-state index contributed by atoms with van der Waals surface area (Å²) in [6.45, 7) is 3.92. The summed E-state index contributed by atoms with van der Waals surface area (Å²) in [5, 5.41) is 6.35. The topological polar surface area (TPSA) is 71.0 Å². The highest BCUT2D eigenvalue weighted by molar-refractivity contribution is 8.16. The number of thioether (sulfide) groups is 1. The molecule has 1 amide bonds. The lowest BCUT2D eigenvalue weighted by Gasteiger charge is -2.36. The van der Waals surface area contributed by atoms with Gasteiger partial charge in [0.25, 0.3) is 0 Å². The Kier molecular flexibility index (Phi) is 7.44. The predicted octanol–water partition coefficient (Wildman–Crippen LogP) is 5.75. The van der Waals surface area contributed by atoms with Crippen molar-refractivity contribution in [2.75, 3.05) is 7.11 Å². The van der Waals surface area contributed by atoms with Crippen LogP contribution in [0.3, 0.4) is 0 Å². The summed E-state index contributed by atoms with van der Waals surface area (Å²) in [4.78, 5) is 32.6. The van der Waals surface area contributed by atoms with Crippen LogP contribution in [0.4, 0.5) is 0 Å². The van der Waals surface area contributed by atoms with Crippen LogP contribution in [-0.4, -0.2) is 29.1 Å². The number of rotatable bonds is 7. The van der Waals surface area contributed by atoms with Gasteiger partial charge >= 0.3 is 5.97 Å². The van der Waals surface area contributed by atoms with Crippen LogP contribution in [-0.2, 0) is 14.3 Å². The molecule has 4 rings (SSSR count). The highest BCUT2D eigenvalue weighted by Gasteiger charge is 2.41. The van der Waals surface area contributed by atoms with Gasteiger partial charge in [-0.2, -0.15) is 0 Å². The van der Waals surface area contributed by atoms with Crippen LogP contribution in [0, 0.1) is 0 Å². The molecule has 176 valence electrons. The average molecular weight is 496 g/mol. The molecule has 0 bridgehead atoms. The fourth-order valence-electron chi connectivity index (χ4n) is 4.15. The fourth-order valence-corrected chi connectivity index (χ4v) is 5.22. The largest absolute Gasteiger partial charge is 0.466 e. The van der Waals surface area contributed by atoms with Crippen LogP contribution in [0.2, 0.25) is 5.02 Å². The number of hydrogen-bond donors (Lipinski definition) is 1. The van der Waals surface area contributed by atoms with E-state index in [0.717, 1.165) is 22.0 Å². The summed E-state index contributed by atoms with van der Waals surface area (Å²) >= 11 is 7.59. The van der Waals surface area contributed by atoms with Crippen molar-refractivity contribution in [3.05, 3.63) is 93.1 Å². The number of methoxy groups -OCH3 is 1. The first kappa shape index (κ1) is 24.1. The highest BCUT2D eigenvalue weighted by Crippen LogP contribution is 2.45. The van der Waals surface area contributed by atoms with E-state index in [2.05, 4.69) is 5.32 Å². The van der Waals surface area contributed by atoms with E-state index >= 15 is 0 Å². The van der Waals surface area contributed by atoms with Crippen molar-refractivity contribution >= 4 is 40.4 Å². The summed E-state index contributed by atoms with van der Waals surface area (Å²) in [6, 6.07) is 16.6. The number of nitrogens with one attached hydrogen (secondary N) is 1. The Morgan fingerprint density at radius 2 is 1.88 bits per heavy atom. The molecule has 6 nitrogen and oxygen atoms in total. The number of carbonyl (C=O) groups excluding carboxylic acids is 2. The number of allylic oxidation sites excluding steroid dienone is 1. The van der Waals surface area contributed by atoms with E-state index in [-0.39, 0.29) is 18.4 Å². The molecule has 8 heteroatoms. The molecule has 1 N–H and O–H groups in total. The number of fused-ring (bicyclic) bond motifs is 1. The third-order valence-corrected chi connectivity index (χ3v) is 6.97. The third kappa shape index (κ3) is 4.91. The van der Waals surface area contributed by atoms with Crippen LogP contribution in [0.25, 0.3) is 0 Å². The quantitative estimate of drug-likeness (QED) is 0.495. The zero-order valence-electron chi connectivity index (χ0n) is 19.2. The molecular formula is C26H26ClN3O3S. The van der Waals surface area contributed by atoms with Crippen LogP contribution in [0.15, 0.2) is 82.0 Å². The summed E-state index contributed by atoms with van der Waals surface area (Å²) in [7, 11) is 1.37. The standard InChI is InChI=1S/C26H26ClN3O3S/c1-4-21-23(25(32)33-3)24(18-10-12-19(27)13-11-18)30-20(15-34-26(30)29-21)14-22(31)28-16(2)17-8-6-5-7-9-17/h5-13,15-16,24H,4,14H2,1-3H3,(H,28,31)/t16-,24+/m0/s1. The van der Waals surface area contributed by atoms with Crippen molar-refractivity contribution in [3.63, 3.8) is 0 Å². The number of halogens is 1. The molecule has 0 radical (unpaired) electrons. The fraction of sp³-hybridized carbons (Fsp3) is 0.269. The molecule has 2 atom stereocenters. The number of aliphatic imine (C=N–C) groups is 1. The molecule has 0 aliphatic carbocycles. The zero-order chi connectivity index (χ0) is 24.2. The number of benzene rings is 2. The number of esters is 1. The minimum Gasteiger partial charge on any atom is -0.466 e. The number of nitrogens with zero attached hydrogens (tertiary/aromatic N) is 2. The van der Waals surface area contributed by atoms with Gasteiger partial charge in [-0.15, -0.1) is 0 Å². The van der Waals surface area contributed by atoms with Crippen molar-refractivity contribution < 1.29 is 14.3 Å². The van der Waals surface area contributed by atoms with Crippen molar-refractivity contribution in [1.82, 2.24) is 10.2 Å². The van der Waals surface area contributed by atoms with Gasteiger partial charge in [-0.1, -0.05) is 72.8 Å². The summed E-state index contributed by atoms with van der Waals surface area (Å²) < 4.78 is 5.14. The Morgan fingerprint density at radius 3 is 2.53 bits per heavy atom. The molecule has 0 fully saturated rings. The average Bonchev–Trinajstić information content (AvgIpc) is 3.25. The van der Waals surface area contributed by atoms with Gasteiger partial charge in [-0.3, -0.25) is 4.79 Å². The first-order chi connectivity index (χ1) is 16.4. The van der Waals surface area contributed by atoms with Crippen LogP contribution in [0.1, 0.15) is 49.9 Å². The maximum Gasteiger partial charge on any atom is 0.338 e. The summed E-state index contributed by atoms with van der Waals surface area (Å²) in [5.74, 6) is -0.540. The van der Waals surface area contributed by atoms with E-state index in [0.29, 0.717) is 22.7 Å². The van der Waals surface area contributed by atoms with E-state index < -0.39 is 12.0 Å². The Morgan fingerprint density at radius 1 is 1.18 bits per heavy atom. The summed E-state index contributed by atoms with van der Waals surface area (Å²) in [6.07, 6.45) is 0.736. The highest BCUT2D eigenvalue weighted by atomic mass is 35.5. The Bertz CT molecular complexity index is 1180. The predicted molar refractivity (Wildman–Crippen MR) is 136 cm³/mol. The van der Waals surface area contributed by atoms with E-state index in [1.54, 1.807) is 12.1 Å². The van der Waals surface area contributed by atoms with E-state index in [1.807, 2.05) is 66.6 Å². The molecule has 34 heavy (non-hydrogen) atoms. The normalized spacial score (nSPS) is 18.1. The maximum atomic E-state index is 13.0. The van der Waals surface area contributed by atoms with Gasteiger partial charge in [0.05, 0.1) is 36.9 Å². The third-order valence-electron chi connectivity index (χ3n) is 5.83. The minimum atomic E-state index is -0.465. The lowest BCUT2D eigenvalue weighted by Crippen LogP contribution is -2.38. The minimum absolute atomic E-state index is 0.107. The maximum absolute atomic E-state index is 13.0. The second kappa shape index (κ2) is 10.5. The monoisotopic (exact) mass is 495 g/mol. The van der Waals surface area contributed by atoms with Crippen molar-refractivity contribution in [3.8, 4) is 0 Å². The Balaban J connectivity index is 1.64. The molecule has 2 aliphatic rings. The molecule has 2 heterocycles. The lowest BCUT2D eigenvalue weighted by atomic mass is 9.93. The molecule has 0 spiro atoms. The van der Waals surface area contributed by atoms with Crippen molar-refractivity contribution in [2.45, 2.75) is 38.8 Å². The van der Waals surface area contributed by atoms with Crippen molar-refractivity contribution in [1.29, 1.82) is 0 Å². The SMILES string of the molecule is CCC1=C(C(=O)OC)[C@@H](c2ccc(Cl)cc2)N2C(CC(=O)N[C@@H](C)c3ccccc3)=CSC2=N1. The van der Waals surface area contributed by atoms with Gasteiger partial charge in [-0.05, 0) is 42.0 Å². The Hall–Kier alpha value is -3.03. The van der Waals surface area contributed by atoms with Gasteiger partial charge < -0.3 is 15.0 Å². The second-order valence-electron chi connectivity index (χ2n) is 8.03. The molecule has 2 aromatic carbocycles. The van der Waals surface area contributed by atoms with Gasteiger partial charge in [0.2, 0.25) is 5.91 Å². The molecule has 0 saturated carbocycles. The second-order valence-corrected chi connectivity index (χ2v) is 9.30. The Labute approximate surface area is 208 Å². The number of carbonyl (C=O) groups is 2. The number of ether oxygens (including phenoxy) is 1. The van der Waals surface area contributed by atoms with Gasteiger partial charge in [0, 0.05) is 10.7 Å². The first-order valence-corrected chi connectivity index (χ1v) is 12.3. The molecular weight excluding hydrogens is 470 g/mol. The number of amidine groups is 1. The molecule has 0 aromatic heterocycles. The van der Waals surface area contributed by atoms with E-state index in [4.69, 9.17) is 21.3 Å². The van der Waals surface area contributed by atoms with Gasteiger partial charge in [0.1, 0.15) is 0 Å². The summed E-state index contributed by atoms with van der Waals surface area (Å²) in [5.41, 5.74) is 3.84. The van der Waals surface area contributed by atoms with Gasteiger partial charge in [-0.25, -0.2) is 9.79 Å². The first-order valence-electron chi connectivity index (χ1n) is 11.1.